The van der Waals surface area contributed by atoms with Gasteiger partial charge in [0.15, 0.2) is 0 Å². The van der Waals surface area contributed by atoms with Gasteiger partial charge in [0.2, 0.25) is 0 Å². The minimum Gasteiger partial charge on any atom is -0.374 e. The van der Waals surface area contributed by atoms with Gasteiger partial charge >= 0.3 is 0 Å². The molecule has 16 heavy (non-hydrogen) atoms. The fourth-order valence-electron chi connectivity index (χ4n) is 1.99. The summed E-state index contributed by atoms with van der Waals surface area (Å²) in [5.74, 6) is -0.195. The summed E-state index contributed by atoms with van der Waals surface area (Å²) < 4.78 is 18.7. The molecule has 0 amide bonds. The Labute approximate surface area is 95.0 Å². The number of morpholine rings is 1. The van der Waals surface area contributed by atoms with E-state index in [9.17, 15) is 4.39 Å². The topological polar surface area (TPSA) is 38.5 Å². The number of hydrogen-bond acceptors (Lipinski definition) is 3. The van der Waals surface area contributed by atoms with Crippen LogP contribution in [-0.2, 0) is 4.74 Å². The van der Waals surface area contributed by atoms with Crippen LogP contribution in [0.15, 0.2) is 24.3 Å². The number of rotatable bonds is 3. The molecular formula is C12H17FN2O. The van der Waals surface area contributed by atoms with E-state index in [2.05, 4.69) is 4.90 Å². The van der Waals surface area contributed by atoms with Gasteiger partial charge in [-0.2, -0.15) is 0 Å². The van der Waals surface area contributed by atoms with Crippen LogP contribution in [0, 0.1) is 5.82 Å². The summed E-state index contributed by atoms with van der Waals surface area (Å²) in [5, 5.41) is 0. The summed E-state index contributed by atoms with van der Waals surface area (Å²) in [5.41, 5.74) is 6.43. The predicted molar refractivity (Wildman–Crippen MR) is 62.0 cm³/mol. The molecule has 1 atom stereocenters. The molecule has 0 radical (unpaired) electrons. The Kier molecular flexibility index (Phi) is 3.74. The van der Waals surface area contributed by atoms with Gasteiger partial charge in [-0.1, -0.05) is 6.07 Å². The van der Waals surface area contributed by atoms with Crippen molar-refractivity contribution in [3.8, 4) is 0 Å². The molecule has 0 bridgehead atoms. The minimum atomic E-state index is -0.195. The van der Waals surface area contributed by atoms with Crippen LogP contribution in [0.2, 0.25) is 0 Å². The number of halogens is 1. The lowest BCUT2D eigenvalue weighted by Crippen LogP contribution is -2.43. The lowest BCUT2D eigenvalue weighted by Gasteiger charge is -2.34. The maximum atomic E-state index is 13.1. The summed E-state index contributed by atoms with van der Waals surface area (Å²) in [6, 6.07) is 6.68. The molecule has 0 saturated carbocycles. The van der Waals surface area contributed by atoms with Crippen molar-refractivity contribution in [1.29, 1.82) is 0 Å². The highest BCUT2D eigenvalue weighted by atomic mass is 19.1. The Hall–Kier alpha value is -1.13. The fraction of sp³-hybridized carbons (Fsp3) is 0.500. The third kappa shape index (κ3) is 2.71. The second-order valence-electron chi connectivity index (χ2n) is 4.00. The zero-order valence-corrected chi connectivity index (χ0v) is 9.23. The maximum absolute atomic E-state index is 13.1. The van der Waals surface area contributed by atoms with Crippen molar-refractivity contribution in [2.45, 2.75) is 12.5 Å². The van der Waals surface area contributed by atoms with E-state index < -0.39 is 0 Å². The molecule has 2 N–H and O–H groups in total. The Morgan fingerprint density at radius 3 is 3.12 bits per heavy atom. The highest BCUT2D eigenvalue weighted by molar-refractivity contribution is 5.46. The molecule has 1 aromatic rings. The third-order valence-corrected chi connectivity index (χ3v) is 2.80. The van der Waals surface area contributed by atoms with E-state index in [0.29, 0.717) is 13.2 Å². The van der Waals surface area contributed by atoms with Crippen molar-refractivity contribution in [3.63, 3.8) is 0 Å². The first-order valence-electron chi connectivity index (χ1n) is 5.62. The third-order valence-electron chi connectivity index (χ3n) is 2.80. The van der Waals surface area contributed by atoms with Gasteiger partial charge in [0.05, 0.1) is 12.7 Å². The van der Waals surface area contributed by atoms with Crippen LogP contribution >= 0.6 is 0 Å². The van der Waals surface area contributed by atoms with Crippen molar-refractivity contribution < 1.29 is 9.13 Å². The first kappa shape index (κ1) is 11.4. The summed E-state index contributed by atoms with van der Waals surface area (Å²) >= 11 is 0. The molecule has 1 unspecified atom stereocenters. The van der Waals surface area contributed by atoms with Crippen LogP contribution in [0.25, 0.3) is 0 Å². The SMILES string of the molecule is NCCC1CN(c2cccc(F)c2)CCO1. The van der Waals surface area contributed by atoms with Crippen LogP contribution in [0.3, 0.4) is 0 Å². The molecule has 1 fully saturated rings. The Balaban J connectivity index is 2.03. The lowest BCUT2D eigenvalue weighted by atomic mass is 10.2. The van der Waals surface area contributed by atoms with Crippen molar-refractivity contribution in [1.82, 2.24) is 0 Å². The van der Waals surface area contributed by atoms with E-state index in [1.54, 1.807) is 12.1 Å². The van der Waals surface area contributed by atoms with Gasteiger partial charge in [-0.05, 0) is 31.2 Å². The van der Waals surface area contributed by atoms with Gasteiger partial charge in [0.25, 0.3) is 0 Å². The molecular weight excluding hydrogens is 207 g/mol. The molecule has 0 aromatic heterocycles. The average molecular weight is 224 g/mol. The second kappa shape index (κ2) is 5.27. The molecule has 1 aliphatic heterocycles. The van der Waals surface area contributed by atoms with Gasteiger partial charge in [-0.15, -0.1) is 0 Å². The van der Waals surface area contributed by atoms with Crippen molar-refractivity contribution >= 4 is 5.69 Å². The van der Waals surface area contributed by atoms with Crippen molar-refractivity contribution in [2.75, 3.05) is 31.1 Å². The maximum Gasteiger partial charge on any atom is 0.125 e. The first-order chi connectivity index (χ1) is 7.79. The lowest BCUT2D eigenvalue weighted by molar-refractivity contribution is 0.0368. The molecule has 1 heterocycles. The fourth-order valence-corrected chi connectivity index (χ4v) is 1.99. The van der Waals surface area contributed by atoms with E-state index in [1.807, 2.05) is 6.07 Å². The molecule has 1 aromatic carbocycles. The minimum absolute atomic E-state index is 0.169. The van der Waals surface area contributed by atoms with Crippen LogP contribution < -0.4 is 10.6 Å². The second-order valence-corrected chi connectivity index (χ2v) is 4.00. The molecule has 4 heteroatoms. The van der Waals surface area contributed by atoms with Crippen molar-refractivity contribution in [3.05, 3.63) is 30.1 Å². The molecule has 0 aliphatic carbocycles. The monoisotopic (exact) mass is 224 g/mol. The molecule has 1 saturated heterocycles. The van der Waals surface area contributed by atoms with Crippen molar-refractivity contribution in [2.24, 2.45) is 5.73 Å². The quantitative estimate of drug-likeness (QED) is 0.843. The summed E-state index contributed by atoms with van der Waals surface area (Å²) in [7, 11) is 0. The highest BCUT2D eigenvalue weighted by Gasteiger charge is 2.20. The molecule has 2 rings (SSSR count). The normalized spacial score (nSPS) is 21.1. The number of anilines is 1. The number of benzene rings is 1. The van der Waals surface area contributed by atoms with Crippen LogP contribution in [-0.4, -0.2) is 32.3 Å². The average Bonchev–Trinajstić information content (AvgIpc) is 2.30. The van der Waals surface area contributed by atoms with E-state index in [0.717, 1.165) is 25.2 Å². The Bertz CT molecular complexity index is 344. The van der Waals surface area contributed by atoms with Gasteiger partial charge in [0, 0.05) is 18.8 Å². The molecule has 0 spiro atoms. The first-order valence-corrected chi connectivity index (χ1v) is 5.62. The largest absolute Gasteiger partial charge is 0.374 e. The summed E-state index contributed by atoms with van der Waals surface area (Å²) in [6.07, 6.45) is 1.02. The number of nitrogens with two attached hydrogens (primary N) is 1. The van der Waals surface area contributed by atoms with E-state index in [4.69, 9.17) is 10.5 Å². The van der Waals surface area contributed by atoms with Gasteiger partial charge in [-0.25, -0.2) is 4.39 Å². The zero-order chi connectivity index (χ0) is 11.4. The van der Waals surface area contributed by atoms with Gasteiger partial charge in [0.1, 0.15) is 5.82 Å². The summed E-state index contributed by atoms with van der Waals surface area (Å²) in [4.78, 5) is 2.15. The van der Waals surface area contributed by atoms with Crippen LogP contribution in [0.4, 0.5) is 10.1 Å². The highest BCUT2D eigenvalue weighted by Crippen LogP contribution is 2.19. The number of ether oxygens (including phenoxy) is 1. The molecule has 88 valence electrons. The van der Waals surface area contributed by atoms with Gasteiger partial charge < -0.3 is 15.4 Å². The molecule has 3 nitrogen and oxygen atoms in total. The van der Waals surface area contributed by atoms with E-state index in [1.165, 1.54) is 6.07 Å². The number of hydrogen-bond donors (Lipinski definition) is 1. The standard InChI is InChI=1S/C12H17FN2O/c13-10-2-1-3-11(8-10)15-6-7-16-12(9-15)4-5-14/h1-3,8,12H,4-7,9,14H2. The summed E-state index contributed by atoms with van der Waals surface area (Å²) in [6.45, 7) is 2.91. The predicted octanol–water partition coefficient (Wildman–Crippen LogP) is 1.38. The van der Waals surface area contributed by atoms with E-state index in [-0.39, 0.29) is 11.9 Å². The number of nitrogens with zero attached hydrogens (tertiary/aromatic N) is 1. The Morgan fingerprint density at radius 1 is 1.50 bits per heavy atom. The van der Waals surface area contributed by atoms with Crippen LogP contribution in [0.5, 0.6) is 0 Å². The molecule has 1 aliphatic rings. The Morgan fingerprint density at radius 2 is 2.38 bits per heavy atom. The van der Waals surface area contributed by atoms with Crippen LogP contribution in [0.1, 0.15) is 6.42 Å². The zero-order valence-electron chi connectivity index (χ0n) is 9.23. The smallest absolute Gasteiger partial charge is 0.125 e. The van der Waals surface area contributed by atoms with Gasteiger partial charge in [-0.3, -0.25) is 0 Å². The van der Waals surface area contributed by atoms with E-state index >= 15 is 0 Å².